The van der Waals surface area contributed by atoms with Crippen LogP contribution in [0.25, 0.3) is 10.9 Å². The van der Waals surface area contributed by atoms with Gasteiger partial charge in [-0.25, -0.2) is 0 Å². The Morgan fingerprint density at radius 2 is 1.67 bits per heavy atom. The van der Waals surface area contributed by atoms with Crippen molar-refractivity contribution in [1.29, 1.82) is 0 Å². The average Bonchev–Trinajstić information content (AvgIpc) is 2.90. The maximum Gasteiger partial charge on any atom is 0.0488 e. The van der Waals surface area contributed by atoms with Crippen LogP contribution in [0.5, 0.6) is 0 Å². The van der Waals surface area contributed by atoms with Crippen LogP contribution in [-0.4, -0.2) is 17.7 Å². The van der Waals surface area contributed by atoms with Crippen LogP contribution in [-0.2, 0) is 6.54 Å². The number of hydrogen-bond acceptors (Lipinski definition) is 1. The standard InChI is InChI=1S/C22H26N2/c1-16-7-3-4-8-19(16)15-24-17(2)22(18-11-13-23-14-12-18)20-9-5-6-10-21(20)24/h3-10,18,23H,11-15H2,1-2H3. The molecule has 0 saturated carbocycles. The van der Waals surface area contributed by atoms with Crippen molar-refractivity contribution in [2.45, 2.75) is 39.2 Å². The number of aromatic nitrogens is 1. The monoisotopic (exact) mass is 318 g/mol. The molecule has 1 fully saturated rings. The fraction of sp³-hybridized carbons (Fsp3) is 0.364. The fourth-order valence-electron chi connectivity index (χ4n) is 4.25. The van der Waals surface area contributed by atoms with Gasteiger partial charge in [0.2, 0.25) is 0 Å². The molecule has 3 aromatic rings. The molecule has 0 amide bonds. The number of nitrogens with zero attached hydrogens (tertiary/aromatic N) is 1. The lowest BCUT2D eigenvalue weighted by Gasteiger charge is -2.23. The summed E-state index contributed by atoms with van der Waals surface area (Å²) in [7, 11) is 0. The number of rotatable bonds is 3. The van der Waals surface area contributed by atoms with Crippen LogP contribution in [0.1, 0.15) is 41.1 Å². The average molecular weight is 318 g/mol. The molecule has 1 aromatic heterocycles. The van der Waals surface area contributed by atoms with E-state index in [4.69, 9.17) is 0 Å². The molecule has 1 N–H and O–H groups in total. The summed E-state index contributed by atoms with van der Waals surface area (Å²) in [5, 5.41) is 4.95. The van der Waals surface area contributed by atoms with Crippen LogP contribution in [0.15, 0.2) is 48.5 Å². The predicted octanol–water partition coefficient (Wildman–Crippen LogP) is 4.77. The van der Waals surface area contributed by atoms with E-state index in [2.05, 4.69) is 72.3 Å². The highest BCUT2D eigenvalue weighted by Gasteiger charge is 2.23. The Hall–Kier alpha value is -2.06. The minimum Gasteiger partial charge on any atom is -0.340 e. The summed E-state index contributed by atoms with van der Waals surface area (Å²) in [6.45, 7) is 7.77. The number of para-hydroxylation sites is 1. The van der Waals surface area contributed by atoms with E-state index in [-0.39, 0.29) is 0 Å². The number of piperidine rings is 1. The Kier molecular flexibility index (Phi) is 4.15. The van der Waals surface area contributed by atoms with Gasteiger partial charge in [-0.3, -0.25) is 0 Å². The zero-order valence-corrected chi connectivity index (χ0v) is 14.7. The van der Waals surface area contributed by atoms with E-state index in [1.165, 1.54) is 40.6 Å². The van der Waals surface area contributed by atoms with Gasteiger partial charge >= 0.3 is 0 Å². The third kappa shape index (κ3) is 2.65. The molecule has 0 unspecified atom stereocenters. The first-order valence-corrected chi connectivity index (χ1v) is 9.08. The number of hydrogen-bond donors (Lipinski definition) is 1. The summed E-state index contributed by atoms with van der Waals surface area (Å²) in [6.07, 6.45) is 2.50. The van der Waals surface area contributed by atoms with Gasteiger partial charge in [0.15, 0.2) is 0 Å². The maximum absolute atomic E-state index is 3.50. The molecule has 0 bridgehead atoms. The van der Waals surface area contributed by atoms with Crippen LogP contribution < -0.4 is 5.32 Å². The molecule has 2 nitrogen and oxygen atoms in total. The summed E-state index contributed by atoms with van der Waals surface area (Å²) in [5.41, 5.74) is 7.20. The van der Waals surface area contributed by atoms with E-state index in [1.807, 2.05) is 0 Å². The zero-order valence-electron chi connectivity index (χ0n) is 14.7. The van der Waals surface area contributed by atoms with Crippen molar-refractivity contribution in [3.8, 4) is 0 Å². The second kappa shape index (κ2) is 6.45. The Balaban J connectivity index is 1.83. The third-order valence-corrected chi connectivity index (χ3v) is 5.62. The molecule has 2 heteroatoms. The Morgan fingerprint density at radius 3 is 2.46 bits per heavy atom. The van der Waals surface area contributed by atoms with Gasteiger partial charge in [0.05, 0.1) is 0 Å². The molecule has 1 aliphatic rings. The smallest absolute Gasteiger partial charge is 0.0488 e. The lowest BCUT2D eigenvalue weighted by Crippen LogP contribution is -2.26. The van der Waals surface area contributed by atoms with Crippen LogP contribution >= 0.6 is 0 Å². The van der Waals surface area contributed by atoms with Gasteiger partial charge in [-0.05, 0) is 68.5 Å². The summed E-state index contributed by atoms with van der Waals surface area (Å²) in [4.78, 5) is 0. The van der Waals surface area contributed by atoms with E-state index in [9.17, 15) is 0 Å². The molecule has 2 heterocycles. The van der Waals surface area contributed by atoms with Crippen molar-refractivity contribution in [3.63, 3.8) is 0 Å². The van der Waals surface area contributed by atoms with Crippen molar-refractivity contribution >= 4 is 10.9 Å². The van der Waals surface area contributed by atoms with E-state index in [0.717, 1.165) is 19.6 Å². The number of nitrogens with one attached hydrogen (secondary N) is 1. The largest absolute Gasteiger partial charge is 0.340 e. The fourth-order valence-corrected chi connectivity index (χ4v) is 4.25. The van der Waals surface area contributed by atoms with E-state index >= 15 is 0 Å². The van der Waals surface area contributed by atoms with Crippen molar-refractivity contribution in [2.24, 2.45) is 0 Å². The molecular weight excluding hydrogens is 292 g/mol. The van der Waals surface area contributed by atoms with Crippen LogP contribution in [0.3, 0.4) is 0 Å². The highest BCUT2D eigenvalue weighted by Crippen LogP contribution is 2.36. The third-order valence-electron chi connectivity index (χ3n) is 5.62. The Morgan fingerprint density at radius 1 is 0.958 bits per heavy atom. The van der Waals surface area contributed by atoms with Crippen LogP contribution in [0.4, 0.5) is 0 Å². The van der Waals surface area contributed by atoms with Crippen molar-refractivity contribution in [2.75, 3.05) is 13.1 Å². The molecule has 1 saturated heterocycles. The second-order valence-corrected chi connectivity index (χ2v) is 7.05. The van der Waals surface area contributed by atoms with E-state index < -0.39 is 0 Å². The number of aryl methyl sites for hydroxylation is 1. The lowest BCUT2D eigenvalue weighted by atomic mass is 9.88. The van der Waals surface area contributed by atoms with Gasteiger partial charge in [0.1, 0.15) is 0 Å². The molecule has 4 rings (SSSR count). The quantitative estimate of drug-likeness (QED) is 0.736. The maximum atomic E-state index is 3.50. The predicted molar refractivity (Wildman–Crippen MR) is 102 cm³/mol. The molecule has 124 valence electrons. The lowest BCUT2D eigenvalue weighted by molar-refractivity contribution is 0.460. The second-order valence-electron chi connectivity index (χ2n) is 7.05. The summed E-state index contributed by atoms with van der Waals surface area (Å²) in [6, 6.07) is 17.7. The minimum atomic E-state index is 0.689. The first-order valence-electron chi connectivity index (χ1n) is 9.08. The highest BCUT2D eigenvalue weighted by molar-refractivity contribution is 5.86. The van der Waals surface area contributed by atoms with Crippen LogP contribution in [0.2, 0.25) is 0 Å². The molecule has 2 aromatic carbocycles. The van der Waals surface area contributed by atoms with Crippen molar-refractivity contribution in [3.05, 3.63) is 70.9 Å². The normalized spacial score (nSPS) is 15.9. The SMILES string of the molecule is Cc1ccccc1Cn1c(C)c(C2CCNCC2)c2ccccc21. The summed E-state index contributed by atoms with van der Waals surface area (Å²) in [5.74, 6) is 0.689. The van der Waals surface area contributed by atoms with Crippen LogP contribution in [0, 0.1) is 13.8 Å². The topological polar surface area (TPSA) is 17.0 Å². The first kappa shape index (κ1) is 15.5. The molecular formula is C22H26N2. The van der Waals surface area contributed by atoms with Gasteiger partial charge in [-0.15, -0.1) is 0 Å². The van der Waals surface area contributed by atoms with Gasteiger partial charge in [-0.2, -0.15) is 0 Å². The van der Waals surface area contributed by atoms with Gasteiger partial charge < -0.3 is 9.88 Å². The molecule has 0 aliphatic carbocycles. The molecule has 0 radical (unpaired) electrons. The van der Waals surface area contributed by atoms with E-state index in [1.54, 1.807) is 5.56 Å². The molecule has 1 aliphatic heterocycles. The van der Waals surface area contributed by atoms with Gasteiger partial charge in [0, 0.05) is 23.1 Å². The van der Waals surface area contributed by atoms with Gasteiger partial charge in [0.25, 0.3) is 0 Å². The van der Waals surface area contributed by atoms with Gasteiger partial charge in [-0.1, -0.05) is 42.5 Å². The summed E-state index contributed by atoms with van der Waals surface area (Å²) >= 11 is 0. The van der Waals surface area contributed by atoms with Crippen molar-refractivity contribution in [1.82, 2.24) is 9.88 Å². The number of benzene rings is 2. The molecule has 24 heavy (non-hydrogen) atoms. The Labute approximate surface area is 144 Å². The van der Waals surface area contributed by atoms with Crippen molar-refractivity contribution < 1.29 is 0 Å². The first-order chi connectivity index (χ1) is 11.8. The zero-order chi connectivity index (χ0) is 16.5. The highest BCUT2D eigenvalue weighted by atomic mass is 15.0. The summed E-state index contributed by atoms with van der Waals surface area (Å²) < 4.78 is 2.52. The van der Waals surface area contributed by atoms with E-state index in [0.29, 0.717) is 5.92 Å². The Bertz CT molecular complexity index is 854. The minimum absolute atomic E-state index is 0.689. The number of fused-ring (bicyclic) bond motifs is 1. The molecule has 0 spiro atoms. The molecule has 0 atom stereocenters.